The smallest absolute Gasteiger partial charge is 0.326 e. The molecule has 0 saturated heterocycles. The minimum atomic E-state index is -1.58. The first kappa shape index (κ1) is 61.8. The average molecular weight is 1030 g/mol. The van der Waals surface area contributed by atoms with Gasteiger partial charge in [0.25, 0.3) is 0 Å². The number of carbonyl (C=O) groups is 9. The molecule has 10 atom stereocenters. The van der Waals surface area contributed by atoms with Crippen molar-refractivity contribution in [3.05, 3.63) is 65.7 Å². The van der Waals surface area contributed by atoms with Crippen LogP contribution in [0.4, 0.5) is 0 Å². The number of phenolic OH excluding ortho intramolecular Hbond substituents is 1. The maximum Gasteiger partial charge on any atom is 0.326 e. The van der Waals surface area contributed by atoms with Gasteiger partial charge in [-0.15, -0.1) is 0 Å². The molecule has 8 amide bonds. The Morgan fingerprint density at radius 1 is 0.611 bits per heavy atom. The van der Waals surface area contributed by atoms with Crippen molar-refractivity contribution in [1.82, 2.24) is 42.5 Å². The quantitative estimate of drug-likeness (QED) is 0.0337. The highest BCUT2D eigenvalue weighted by atomic mass is 32.2. The van der Waals surface area contributed by atoms with E-state index in [2.05, 4.69) is 42.5 Å². The van der Waals surface area contributed by atoms with E-state index in [9.17, 15) is 58.5 Å². The molecule has 0 heterocycles. The molecule has 0 saturated carbocycles. The van der Waals surface area contributed by atoms with Gasteiger partial charge >= 0.3 is 5.97 Å². The summed E-state index contributed by atoms with van der Waals surface area (Å²) in [6.07, 6.45) is 1.51. The largest absolute Gasteiger partial charge is 0.508 e. The van der Waals surface area contributed by atoms with Gasteiger partial charge in [0.05, 0.1) is 24.2 Å². The molecule has 0 aromatic heterocycles. The monoisotopic (exact) mass is 1030 g/mol. The van der Waals surface area contributed by atoms with Crippen molar-refractivity contribution < 1.29 is 58.5 Å². The number of hydrogen-bond donors (Lipinski definition) is 14. The number of aliphatic hydroxyl groups excluding tert-OH is 1. The Bertz CT molecular complexity index is 2100. The third-order valence-electron chi connectivity index (χ3n) is 11.4. The van der Waals surface area contributed by atoms with Crippen LogP contribution in [0, 0.1) is 5.92 Å². The van der Waals surface area contributed by atoms with Gasteiger partial charge in [0.1, 0.15) is 42.0 Å². The van der Waals surface area contributed by atoms with Gasteiger partial charge in [0.15, 0.2) is 0 Å². The van der Waals surface area contributed by atoms with Crippen LogP contribution >= 0.6 is 11.8 Å². The van der Waals surface area contributed by atoms with Gasteiger partial charge in [-0.05, 0) is 94.2 Å². The lowest BCUT2D eigenvalue weighted by molar-refractivity contribution is -0.143. The van der Waals surface area contributed by atoms with Crippen LogP contribution in [0.3, 0.4) is 0 Å². The fraction of sp³-hybridized carbons (Fsp3) is 0.562. The number of benzene rings is 2. The van der Waals surface area contributed by atoms with Crippen LogP contribution in [0.25, 0.3) is 0 Å². The summed E-state index contributed by atoms with van der Waals surface area (Å²) < 4.78 is 0. The number of nitrogens with one attached hydrogen (secondary N) is 8. The highest BCUT2D eigenvalue weighted by Gasteiger charge is 2.34. The lowest BCUT2D eigenvalue weighted by Gasteiger charge is -2.29. The van der Waals surface area contributed by atoms with E-state index in [0.29, 0.717) is 42.7 Å². The first-order chi connectivity index (χ1) is 34.0. The highest BCUT2D eigenvalue weighted by Crippen LogP contribution is 2.14. The number of aliphatic carboxylic acids is 1. The molecule has 0 fully saturated rings. The second-order valence-corrected chi connectivity index (χ2v) is 18.9. The number of carboxylic acid groups (broad SMARTS) is 1. The number of aromatic hydroxyl groups is 1. The molecule has 0 aliphatic rings. The van der Waals surface area contributed by atoms with Crippen LogP contribution in [0.1, 0.15) is 77.8 Å². The Morgan fingerprint density at radius 3 is 1.68 bits per heavy atom. The average Bonchev–Trinajstić information content (AvgIpc) is 3.32. The van der Waals surface area contributed by atoms with Crippen LogP contribution in [-0.4, -0.2) is 154 Å². The molecular weight excluding hydrogens is 955 g/mol. The van der Waals surface area contributed by atoms with Crippen LogP contribution < -0.4 is 59.7 Å². The molecule has 0 radical (unpaired) electrons. The number of hydrogen-bond acceptors (Lipinski definition) is 15. The van der Waals surface area contributed by atoms with Crippen LogP contribution in [0.5, 0.6) is 5.75 Å². The van der Waals surface area contributed by atoms with Crippen molar-refractivity contribution in [2.75, 3.05) is 25.1 Å². The van der Waals surface area contributed by atoms with E-state index in [1.54, 1.807) is 50.4 Å². The molecule has 0 bridgehead atoms. The number of amides is 8. The lowest BCUT2D eigenvalue weighted by Crippen LogP contribution is -2.60. The van der Waals surface area contributed by atoms with Gasteiger partial charge in [0, 0.05) is 19.4 Å². The van der Waals surface area contributed by atoms with E-state index < -0.39 is 126 Å². The van der Waals surface area contributed by atoms with Crippen molar-refractivity contribution in [1.29, 1.82) is 0 Å². The van der Waals surface area contributed by atoms with E-state index >= 15 is 0 Å². The fourth-order valence-electron chi connectivity index (χ4n) is 7.11. The third kappa shape index (κ3) is 22.4. The van der Waals surface area contributed by atoms with Crippen molar-refractivity contribution in [3.63, 3.8) is 0 Å². The summed E-state index contributed by atoms with van der Waals surface area (Å²) >= 11 is 1.37. The zero-order valence-corrected chi connectivity index (χ0v) is 42.6. The molecule has 0 unspecified atom stereocenters. The van der Waals surface area contributed by atoms with Gasteiger partial charge in [-0.1, -0.05) is 62.7 Å². The number of carboxylic acids is 1. The highest BCUT2D eigenvalue weighted by molar-refractivity contribution is 7.98. The second kappa shape index (κ2) is 31.9. The van der Waals surface area contributed by atoms with Crippen molar-refractivity contribution in [2.45, 2.75) is 140 Å². The number of carbonyl (C=O) groups excluding carboxylic acids is 8. The first-order valence-electron chi connectivity index (χ1n) is 23.8. The van der Waals surface area contributed by atoms with Crippen LogP contribution in [0.15, 0.2) is 54.6 Å². The molecular formula is C48H75N11O12S. The number of nitrogens with two attached hydrogens (primary N) is 3. The van der Waals surface area contributed by atoms with E-state index in [1.165, 1.54) is 56.8 Å². The summed E-state index contributed by atoms with van der Waals surface area (Å²) in [5.41, 5.74) is 18.3. The van der Waals surface area contributed by atoms with Gasteiger partial charge < -0.3 is 75.1 Å². The molecule has 0 aliphatic heterocycles. The van der Waals surface area contributed by atoms with E-state index in [4.69, 9.17) is 17.2 Å². The zero-order valence-electron chi connectivity index (χ0n) is 41.8. The first-order valence-corrected chi connectivity index (χ1v) is 25.2. The van der Waals surface area contributed by atoms with E-state index in [-0.39, 0.29) is 31.6 Å². The molecule has 17 N–H and O–H groups in total. The number of thioether (sulfide) groups is 1. The number of rotatable bonds is 33. The molecule has 0 aliphatic carbocycles. The second-order valence-electron chi connectivity index (χ2n) is 17.9. The number of unbranched alkanes of at least 4 members (excludes halogenated alkanes) is 1. The minimum Gasteiger partial charge on any atom is -0.508 e. The van der Waals surface area contributed by atoms with Crippen molar-refractivity contribution >= 4 is 65.0 Å². The molecule has 2 rings (SSSR count). The van der Waals surface area contributed by atoms with Gasteiger partial charge in [0.2, 0.25) is 47.3 Å². The van der Waals surface area contributed by atoms with E-state index in [0.717, 1.165) is 0 Å². The summed E-state index contributed by atoms with van der Waals surface area (Å²) in [6.45, 7) is 7.51. The Morgan fingerprint density at radius 2 is 1.14 bits per heavy atom. The molecule has 400 valence electrons. The topological polar surface area (TPSA) is 389 Å². The summed E-state index contributed by atoms with van der Waals surface area (Å²) in [7, 11) is 0. The predicted molar refractivity (Wildman–Crippen MR) is 270 cm³/mol. The zero-order chi connectivity index (χ0) is 54.1. The molecule has 23 nitrogen and oxygen atoms in total. The fourth-order valence-corrected chi connectivity index (χ4v) is 7.58. The standard InChI is InChI=1S/C48H75N11O12S/c1-26(2)39(58-41(63)27(3)53-43(65)34(50)14-10-11-20-49)46(68)57-37(23-31-15-17-33(61)18-16-31)45(67)55-32(24-38(51)62)25-52-36(22-30-12-8-7-9-13-30)44(66)54-28(4)42(64)59-40(29(5)60)47(69)56-35(48(70)71)19-21-72-6/h7-9,12-13,15-18,26-29,32,34-37,39-40,52,60-61H,10-11,14,19-25,49-50H2,1-6H3,(H2,51,62)(H,53,65)(H,54,66)(H,55,67)(H,56,69)(H,57,68)(H,58,63)(H,59,64)(H,70,71)/t27-,28-,29+,32-,34-,35-,36-,37-,39-,40-/m0/s1. The van der Waals surface area contributed by atoms with Gasteiger partial charge in [-0.3, -0.25) is 38.4 Å². The van der Waals surface area contributed by atoms with Crippen LogP contribution in [-0.2, 0) is 56.0 Å². The Hall–Kier alpha value is -6.34. The SMILES string of the molecule is CSCC[C@H](NC(=O)[C@@H](NC(=O)[C@H](C)NC(=O)[C@H](Cc1ccccc1)NC[C@H](CC(N)=O)NC(=O)[C@H](Cc1ccc(O)cc1)NC(=O)[C@@H](NC(=O)[C@H](C)NC(=O)[C@@H](N)CCCCN)C(C)C)[C@@H](C)O)C(=O)O. The third-order valence-corrected chi connectivity index (χ3v) is 12.0. The summed E-state index contributed by atoms with van der Waals surface area (Å²) in [5.74, 6) is -7.62. The summed E-state index contributed by atoms with van der Waals surface area (Å²) in [4.78, 5) is 119. The Labute approximate surface area is 424 Å². The van der Waals surface area contributed by atoms with Crippen molar-refractivity contribution in [2.24, 2.45) is 23.1 Å². The molecule has 72 heavy (non-hydrogen) atoms. The molecule has 2 aromatic carbocycles. The van der Waals surface area contributed by atoms with E-state index in [1.807, 2.05) is 0 Å². The molecule has 24 heteroatoms. The molecule has 2 aromatic rings. The lowest BCUT2D eigenvalue weighted by atomic mass is 10.00. The molecule has 0 spiro atoms. The van der Waals surface area contributed by atoms with Crippen LogP contribution in [0.2, 0.25) is 0 Å². The predicted octanol–water partition coefficient (Wildman–Crippen LogP) is -2.22. The maximum absolute atomic E-state index is 14.2. The van der Waals surface area contributed by atoms with Crippen molar-refractivity contribution in [3.8, 4) is 5.75 Å². The number of phenols is 1. The Balaban J connectivity index is 2.34. The summed E-state index contributed by atoms with van der Waals surface area (Å²) in [5, 5.41) is 50.9. The number of aliphatic hydroxyl groups is 1. The minimum absolute atomic E-state index is 0.0370. The number of primary amides is 1. The van der Waals surface area contributed by atoms with Gasteiger partial charge in [-0.2, -0.15) is 11.8 Å². The maximum atomic E-state index is 14.2. The summed E-state index contributed by atoms with van der Waals surface area (Å²) in [6, 6.07) is 3.69. The van der Waals surface area contributed by atoms with Gasteiger partial charge in [-0.25, -0.2) is 4.79 Å². The normalized spacial score (nSPS) is 15.4. The Kier molecular flexibility index (Phi) is 27.4.